The highest BCUT2D eigenvalue weighted by atomic mass is 32.2. The highest BCUT2D eigenvalue weighted by Gasteiger charge is 2.22. The van der Waals surface area contributed by atoms with Gasteiger partial charge in [-0.3, -0.25) is 0 Å². The predicted octanol–water partition coefficient (Wildman–Crippen LogP) is 3.53. The molecule has 0 bridgehead atoms. The number of nitro groups is 1. The SMILES string of the molecule is O=[N+]([O-])c1c(Sc2ccc(F)cc2)nc2ccccn12. The maximum Gasteiger partial charge on any atom is 0.362 e. The lowest BCUT2D eigenvalue weighted by molar-refractivity contribution is -0.393. The zero-order valence-corrected chi connectivity index (χ0v) is 10.9. The van der Waals surface area contributed by atoms with Gasteiger partial charge in [-0.15, -0.1) is 0 Å². The minimum atomic E-state index is -0.466. The zero-order chi connectivity index (χ0) is 14.1. The quantitative estimate of drug-likeness (QED) is 0.546. The molecule has 5 nitrogen and oxygen atoms in total. The maximum atomic E-state index is 12.9. The van der Waals surface area contributed by atoms with Gasteiger partial charge in [-0.25, -0.2) is 4.39 Å². The van der Waals surface area contributed by atoms with Gasteiger partial charge in [0.25, 0.3) is 0 Å². The summed E-state index contributed by atoms with van der Waals surface area (Å²) in [6.45, 7) is 0. The third-order valence-corrected chi connectivity index (χ3v) is 3.65. The Hall–Kier alpha value is -2.41. The fraction of sp³-hybridized carbons (Fsp3) is 0. The molecule has 20 heavy (non-hydrogen) atoms. The monoisotopic (exact) mass is 289 g/mol. The topological polar surface area (TPSA) is 60.4 Å². The van der Waals surface area contributed by atoms with Crippen LogP contribution in [-0.2, 0) is 0 Å². The van der Waals surface area contributed by atoms with Gasteiger partial charge in [0.1, 0.15) is 5.82 Å². The Morgan fingerprint density at radius 1 is 1.20 bits per heavy atom. The molecule has 0 N–H and O–H groups in total. The smallest absolute Gasteiger partial charge is 0.358 e. The number of rotatable bonds is 3. The summed E-state index contributed by atoms with van der Waals surface area (Å²) >= 11 is 1.14. The first-order chi connectivity index (χ1) is 9.65. The van der Waals surface area contributed by atoms with E-state index in [1.54, 1.807) is 36.5 Å². The lowest BCUT2D eigenvalue weighted by Crippen LogP contribution is -1.94. The minimum Gasteiger partial charge on any atom is -0.358 e. The number of aromatic nitrogens is 2. The Balaban J connectivity index is 2.08. The third-order valence-electron chi connectivity index (χ3n) is 2.68. The molecule has 0 aliphatic heterocycles. The van der Waals surface area contributed by atoms with Gasteiger partial charge in [0.15, 0.2) is 5.03 Å². The van der Waals surface area contributed by atoms with Gasteiger partial charge < -0.3 is 10.1 Å². The first-order valence-electron chi connectivity index (χ1n) is 5.70. The molecule has 0 radical (unpaired) electrons. The Labute approximate surface area is 117 Å². The van der Waals surface area contributed by atoms with Crippen LogP contribution in [0.5, 0.6) is 0 Å². The van der Waals surface area contributed by atoms with Gasteiger partial charge in [-0.05, 0) is 35.3 Å². The molecular weight excluding hydrogens is 281 g/mol. The van der Waals surface area contributed by atoms with E-state index in [1.165, 1.54) is 16.5 Å². The van der Waals surface area contributed by atoms with Crippen molar-refractivity contribution in [1.82, 2.24) is 9.38 Å². The Bertz CT molecular complexity index is 786. The van der Waals surface area contributed by atoms with E-state index in [0.29, 0.717) is 10.5 Å². The Morgan fingerprint density at radius 2 is 1.95 bits per heavy atom. The molecule has 0 aliphatic carbocycles. The van der Waals surface area contributed by atoms with E-state index in [1.807, 2.05) is 0 Å². The van der Waals surface area contributed by atoms with Crippen LogP contribution in [0.25, 0.3) is 5.65 Å². The first-order valence-corrected chi connectivity index (χ1v) is 6.52. The number of imidazole rings is 1. The van der Waals surface area contributed by atoms with Crippen molar-refractivity contribution in [1.29, 1.82) is 0 Å². The standard InChI is InChI=1S/C13H8FN3O2S/c14-9-4-6-10(7-5-9)20-12-13(17(18)19)16-8-2-1-3-11(16)15-12/h1-8H. The van der Waals surface area contributed by atoms with E-state index in [4.69, 9.17) is 0 Å². The molecule has 3 aromatic rings. The second-order valence-corrected chi connectivity index (χ2v) is 5.04. The minimum absolute atomic E-state index is 0.0880. The highest BCUT2D eigenvalue weighted by Crippen LogP contribution is 2.34. The number of benzene rings is 1. The van der Waals surface area contributed by atoms with E-state index in [-0.39, 0.29) is 16.7 Å². The van der Waals surface area contributed by atoms with Gasteiger partial charge >= 0.3 is 5.82 Å². The van der Waals surface area contributed by atoms with Crippen LogP contribution in [0.2, 0.25) is 0 Å². The first kappa shape index (κ1) is 12.6. The van der Waals surface area contributed by atoms with Crippen molar-refractivity contribution in [3.63, 3.8) is 0 Å². The van der Waals surface area contributed by atoms with Crippen LogP contribution < -0.4 is 0 Å². The molecule has 2 heterocycles. The second-order valence-electron chi connectivity index (χ2n) is 3.98. The van der Waals surface area contributed by atoms with Crippen LogP contribution in [0.1, 0.15) is 0 Å². The molecule has 0 saturated carbocycles. The normalized spacial score (nSPS) is 10.8. The van der Waals surface area contributed by atoms with Crippen molar-refractivity contribution >= 4 is 23.2 Å². The van der Waals surface area contributed by atoms with Crippen molar-refractivity contribution in [2.75, 3.05) is 0 Å². The molecule has 0 saturated heterocycles. The van der Waals surface area contributed by atoms with Crippen LogP contribution >= 0.6 is 11.8 Å². The molecule has 0 spiro atoms. The van der Waals surface area contributed by atoms with Crippen molar-refractivity contribution in [3.8, 4) is 0 Å². The van der Waals surface area contributed by atoms with Crippen LogP contribution in [0.3, 0.4) is 0 Å². The summed E-state index contributed by atoms with van der Waals surface area (Å²) < 4.78 is 14.3. The molecule has 2 aromatic heterocycles. The number of fused-ring (bicyclic) bond motifs is 1. The van der Waals surface area contributed by atoms with Crippen molar-refractivity contribution < 1.29 is 9.31 Å². The average molecular weight is 289 g/mol. The van der Waals surface area contributed by atoms with Gasteiger partial charge in [0, 0.05) is 11.0 Å². The summed E-state index contributed by atoms with van der Waals surface area (Å²) in [7, 11) is 0. The fourth-order valence-electron chi connectivity index (χ4n) is 1.81. The van der Waals surface area contributed by atoms with Crippen molar-refractivity contribution in [2.24, 2.45) is 0 Å². The third kappa shape index (κ3) is 2.23. The summed E-state index contributed by atoms with van der Waals surface area (Å²) in [6, 6.07) is 10.9. The van der Waals surface area contributed by atoms with Gasteiger partial charge in [-0.1, -0.05) is 17.8 Å². The molecule has 1 aromatic carbocycles. The molecule has 0 fully saturated rings. The van der Waals surface area contributed by atoms with E-state index in [2.05, 4.69) is 4.98 Å². The lowest BCUT2D eigenvalue weighted by atomic mass is 10.4. The maximum absolute atomic E-state index is 12.9. The number of nitrogens with zero attached hydrogens (tertiary/aromatic N) is 3. The van der Waals surface area contributed by atoms with Crippen LogP contribution in [0.15, 0.2) is 58.6 Å². The second kappa shape index (κ2) is 4.93. The molecular formula is C13H8FN3O2S. The Morgan fingerprint density at radius 3 is 2.65 bits per heavy atom. The number of hydrogen-bond donors (Lipinski definition) is 0. The highest BCUT2D eigenvalue weighted by molar-refractivity contribution is 7.99. The van der Waals surface area contributed by atoms with Crippen LogP contribution in [0.4, 0.5) is 10.2 Å². The van der Waals surface area contributed by atoms with E-state index in [0.717, 1.165) is 11.8 Å². The van der Waals surface area contributed by atoms with E-state index >= 15 is 0 Å². The average Bonchev–Trinajstić information content (AvgIpc) is 2.79. The van der Waals surface area contributed by atoms with Crippen molar-refractivity contribution in [3.05, 3.63) is 64.6 Å². The summed E-state index contributed by atoms with van der Waals surface area (Å²) in [5.74, 6) is -0.436. The number of hydrogen-bond acceptors (Lipinski definition) is 4. The molecule has 0 atom stereocenters. The molecule has 7 heteroatoms. The fourth-order valence-corrected chi connectivity index (χ4v) is 2.71. The van der Waals surface area contributed by atoms with Gasteiger partial charge in [0.2, 0.25) is 5.65 Å². The predicted molar refractivity (Wildman–Crippen MR) is 72.4 cm³/mol. The van der Waals surface area contributed by atoms with Crippen LogP contribution in [-0.4, -0.2) is 14.3 Å². The lowest BCUT2D eigenvalue weighted by Gasteiger charge is -1.99. The number of halogens is 1. The van der Waals surface area contributed by atoms with Crippen LogP contribution in [0, 0.1) is 15.9 Å². The molecule has 100 valence electrons. The van der Waals surface area contributed by atoms with E-state index in [9.17, 15) is 14.5 Å². The molecule has 3 rings (SSSR count). The zero-order valence-electron chi connectivity index (χ0n) is 10.1. The van der Waals surface area contributed by atoms with Gasteiger partial charge in [0.05, 0.1) is 6.20 Å². The molecule has 0 aliphatic rings. The summed E-state index contributed by atoms with van der Waals surface area (Å²) in [5.41, 5.74) is 0.504. The molecule has 0 unspecified atom stereocenters. The summed E-state index contributed by atoms with van der Waals surface area (Å²) in [4.78, 5) is 15.7. The van der Waals surface area contributed by atoms with E-state index < -0.39 is 4.92 Å². The largest absolute Gasteiger partial charge is 0.362 e. The summed E-state index contributed by atoms with van der Waals surface area (Å²) in [6.07, 6.45) is 1.59. The molecule has 0 amide bonds. The van der Waals surface area contributed by atoms with Crippen molar-refractivity contribution in [2.45, 2.75) is 9.92 Å². The number of pyridine rings is 1. The van der Waals surface area contributed by atoms with Gasteiger partial charge in [-0.2, -0.15) is 9.38 Å². The Kier molecular flexibility index (Phi) is 3.11. The summed E-state index contributed by atoms with van der Waals surface area (Å²) in [5, 5.41) is 11.5.